The number of nitrogens with zero attached hydrogens (tertiary/aromatic N) is 1. The molecule has 198 valence electrons. The average molecular weight is 548 g/mol. The number of halogens is 5. The van der Waals surface area contributed by atoms with Crippen LogP contribution in [0.15, 0.2) is 60.7 Å². The highest BCUT2D eigenvalue weighted by atomic mass is 35.5. The van der Waals surface area contributed by atoms with Gasteiger partial charge in [-0.15, -0.1) is 0 Å². The zero-order valence-corrected chi connectivity index (χ0v) is 20.6. The molecule has 5 nitrogen and oxygen atoms in total. The summed E-state index contributed by atoms with van der Waals surface area (Å²) in [4.78, 5) is 26.6. The number of carbonyl (C=O) groups excluding carboxylic acids is 1. The minimum absolute atomic E-state index is 0.0858. The van der Waals surface area contributed by atoms with Crippen LogP contribution in [0.4, 0.5) is 17.6 Å². The molecule has 0 aromatic heterocycles. The Bertz CT molecular complexity index is 1410. The van der Waals surface area contributed by atoms with Crippen LogP contribution in [0.3, 0.4) is 0 Å². The predicted molar refractivity (Wildman–Crippen MR) is 131 cm³/mol. The summed E-state index contributed by atoms with van der Waals surface area (Å²) in [5.41, 5.74) is 1.02. The number of amides is 1. The third-order valence-corrected chi connectivity index (χ3v) is 7.24. The summed E-state index contributed by atoms with van der Waals surface area (Å²) in [7, 11) is 0. The number of rotatable bonds is 6. The largest absolute Gasteiger partial charge is 0.482 e. The summed E-state index contributed by atoms with van der Waals surface area (Å²) in [6.07, 6.45) is -3.93. The van der Waals surface area contributed by atoms with E-state index in [2.05, 4.69) is 0 Å². The summed E-state index contributed by atoms with van der Waals surface area (Å²) in [5.74, 6) is -3.04. The van der Waals surface area contributed by atoms with Crippen LogP contribution in [-0.2, 0) is 22.2 Å². The van der Waals surface area contributed by atoms with Crippen LogP contribution in [0.5, 0.6) is 5.75 Å². The van der Waals surface area contributed by atoms with Gasteiger partial charge in [-0.1, -0.05) is 35.9 Å². The lowest BCUT2D eigenvalue weighted by Gasteiger charge is -2.38. The van der Waals surface area contributed by atoms with E-state index in [-0.39, 0.29) is 30.2 Å². The van der Waals surface area contributed by atoms with E-state index in [1.54, 1.807) is 17.0 Å². The molecule has 2 aliphatic rings. The molecular weight excluding hydrogens is 526 g/mol. The SMILES string of the molecule is O=C(O)COc1ccc(Cl)cc1C1c2ccc(F)cc2CCN1C(=O)C1CC1c1ccccc1C(F)(F)F. The van der Waals surface area contributed by atoms with Crippen molar-refractivity contribution in [1.29, 1.82) is 0 Å². The van der Waals surface area contributed by atoms with Gasteiger partial charge < -0.3 is 14.7 Å². The maximum Gasteiger partial charge on any atom is 0.416 e. The van der Waals surface area contributed by atoms with E-state index in [1.165, 1.54) is 42.5 Å². The number of ether oxygens (including phenoxy) is 1. The Morgan fingerprint density at radius 1 is 1.03 bits per heavy atom. The van der Waals surface area contributed by atoms with Gasteiger partial charge in [0, 0.05) is 23.0 Å². The first-order valence-corrected chi connectivity index (χ1v) is 12.3. The van der Waals surface area contributed by atoms with E-state index in [0.29, 0.717) is 28.1 Å². The Kier molecular flexibility index (Phi) is 6.81. The number of aliphatic carboxylic acids is 1. The summed E-state index contributed by atoms with van der Waals surface area (Å²) in [5, 5.41) is 9.43. The topological polar surface area (TPSA) is 66.8 Å². The fraction of sp³-hybridized carbons (Fsp3) is 0.286. The molecule has 1 fully saturated rings. The highest BCUT2D eigenvalue weighted by molar-refractivity contribution is 6.30. The van der Waals surface area contributed by atoms with E-state index < -0.39 is 48.0 Å². The molecule has 1 N–H and O–H groups in total. The number of hydrogen-bond acceptors (Lipinski definition) is 3. The van der Waals surface area contributed by atoms with Gasteiger partial charge in [0.1, 0.15) is 11.6 Å². The lowest BCUT2D eigenvalue weighted by Crippen LogP contribution is -2.42. The summed E-state index contributed by atoms with van der Waals surface area (Å²) >= 11 is 6.27. The Morgan fingerprint density at radius 2 is 1.79 bits per heavy atom. The Morgan fingerprint density at radius 3 is 2.53 bits per heavy atom. The number of carbonyl (C=O) groups is 2. The van der Waals surface area contributed by atoms with Crippen molar-refractivity contribution >= 4 is 23.5 Å². The molecule has 0 saturated heterocycles. The van der Waals surface area contributed by atoms with Crippen LogP contribution < -0.4 is 4.74 Å². The third kappa shape index (κ3) is 5.07. The van der Waals surface area contributed by atoms with Gasteiger partial charge in [0.15, 0.2) is 6.61 Å². The normalized spacial score (nSPS) is 20.6. The van der Waals surface area contributed by atoms with Gasteiger partial charge in [-0.05, 0) is 71.8 Å². The van der Waals surface area contributed by atoms with E-state index in [0.717, 1.165) is 6.07 Å². The monoisotopic (exact) mass is 547 g/mol. The van der Waals surface area contributed by atoms with Gasteiger partial charge in [-0.2, -0.15) is 13.2 Å². The van der Waals surface area contributed by atoms with Gasteiger partial charge >= 0.3 is 12.1 Å². The van der Waals surface area contributed by atoms with Gasteiger partial charge in [0.05, 0.1) is 11.6 Å². The Hall–Kier alpha value is -3.59. The average Bonchev–Trinajstić information content (AvgIpc) is 3.67. The second kappa shape index (κ2) is 9.94. The molecule has 1 aliphatic carbocycles. The molecule has 1 aliphatic heterocycles. The fourth-order valence-electron chi connectivity index (χ4n) is 5.28. The molecule has 1 heterocycles. The van der Waals surface area contributed by atoms with Crippen LogP contribution in [-0.4, -0.2) is 35.0 Å². The molecule has 38 heavy (non-hydrogen) atoms. The second-order valence-corrected chi connectivity index (χ2v) is 9.86. The molecule has 3 atom stereocenters. The molecule has 1 saturated carbocycles. The minimum atomic E-state index is -4.54. The minimum Gasteiger partial charge on any atom is -0.482 e. The van der Waals surface area contributed by atoms with Gasteiger partial charge in [0.25, 0.3) is 0 Å². The highest BCUT2D eigenvalue weighted by Crippen LogP contribution is 2.53. The first-order chi connectivity index (χ1) is 18.0. The number of alkyl halides is 3. The van der Waals surface area contributed by atoms with Gasteiger partial charge in [-0.25, -0.2) is 9.18 Å². The molecular formula is C28H22ClF4NO4. The number of benzene rings is 3. The number of hydrogen-bond donors (Lipinski definition) is 1. The molecule has 0 bridgehead atoms. The van der Waals surface area contributed by atoms with E-state index in [9.17, 15) is 27.2 Å². The number of carboxylic acid groups (broad SMARTS) is 1. The maximum atomic E-state index is 14.1. The predicted octanol–water partition coefficient (Wildman–Crippen LogP) is 6.24. The summed E-state index contributed by atoms with van der Waals surface area (Å²) in [6.45, 7) is -0.445. The standard InChI is InChI=1S/C28H22ClF4NO4/c29-16-5-8-24(38-14-25(35)36)22(12-16)26-18-7-6-17(30)11-15(18)9-10-34(26)27(37)21-13-20(21)19-3-1-2-4-23(19)28(31,32)33/h1-8,11-12,20-21,26H,9-10,13-14H2,(H,35,36). The molecule has 3 aromatic carbocycles. The van der Waals surface area contributed by atoms with Crippen molar-refractivity contribution in [2.24, 2.45) is 5.92 Å². The van der Waals surface area contributed by atoms with Crippen molar-refractivity contribution in [3.63, 3.8) is 0 Å². The summed E-state index contributed by atoms with van der Waals surface area (Å²) in [6, 6.07) is 13.3. The Labute approximate surface area is 220 Å². The van der Waals surface area contributed by atoms with Crippen molar-refractivity contribution in [2.75, 3.05) is 13.2 Å². The van der Waals surface area contributed by atoms with Crippen molar-refractivity contribution in [2.45, 2.75) is 31.0 Å². The van der Waals surface area contributed by atoms with Crippen LogP contribution >= 0.6 is 11.6 Å². The molecule has 0 spiro atoms. The van der Waals surface area contributed by atoms with Gasteiger partial charge in [-0.3, -0.25) is 4.79 Å². The number of fused-ring (bicyclic) bond motifs is 1. The molecule has 5 rings (SSSR count). The quantitative estimate of drug-likeness (QED) is 0.371. The van der Waals surface area contributed by atoms with Crippen LogP contribution in [0.2, 0.25) is 5.02 Å². The molecule has 1 amide bonds. The lowest BCUT2D eigenvalue weighted by atomic mass is 9.87. The second-order valence-electron chi connectivity index (χ2n) is 9.43. The van der Waals surface area contributed by atoms with Crippen LogP contribution in [0, 0.1) is 11.7 Å². The zero-order valence-electron chi connectivity index (χ0n) is 19.8. The Balaban J connectivity index is 1.53. The van der Waals surface area contributed by atoms with Crippen molar-refractivity contribution in [3.8, 4) is 5.75 Å². The zero-order chi connectivity index (χ0) is 27.2. The smallest absolute Gasteiger partial charge is 0.416 e. The molecule has 10 heteroatoms. The lowest BCUT2D eigenvalue weighted by molar-refractivity contribution is -0.139. The van der Waals surface area contributed by atoms with E-state index in [4.69, 9.17) is 21.4 Å². The molecule has 3 aromatic rings. The first kappa shape index (κ1) is 26.0. The highest BCUT2D eigenvalue weighted by Gasteiger charge is 2.50. The third-order valence-electron chi connectivity index (χ3n) is 7.01. The fourth-order valence-corrected chi connectivity index (χ4v) is 5.46. The number of carboxylic acids is 1. The molecule has 0 radical (unpaired) electrons. The molecule has 3 unspecified atom stereocenters. The summed E-state index contributed by atoms with van der Waals surface area (Å²) < 4.78 is 60.4. The van der Waals surface area contributed by atoms with E-state index >= 15 is 0 Å². The van der Waals surface area contributed by atoms with Crippen molar-refractivity contribution < 1.29 is 37.0 Å². The first-order valence-electron chi connectivity index (χ1n) is 11.9. The van der Waals surface area contributed by atoms with Crippen molar-refractivity contribution in [3.05, 3.63) is 99.3 Å². The van der Waals surface area contributed by atoms with Gasteiger partial charge in [0.2, 0.25) is 5.91 Å². The van der Waals surface area contributed by atoms with Crippen LogP contribution in [0.1, 0.15) is 46.2 Å². The van der Waals surface area contributed by atoms with Crippen molar-refractivity contribution in [1.82, 2.24) is 4.90 Å². The maximum absolute atomic E-state index is 14.1. The van der Waals surface area contributed by atoms with E-state index in [1.807, 2.05) is 0 Å². The van der Waals surface area contributed by atoms with Crippen LogP contribution in [0.25, 0.3) is 0 Å².